The van der Waals surface area contributed by atoms with Crippen LogP contribution in [0, 0.1) is 0 Å². The van der Waals surface area contributed by atoms with E-state index in [1.54, 1.807) is 13.8 Å². The number of amides is 2. The number of nitrogens with zero attached hydrogens (tertiary/aromatic N) is 3. The van der Waals surface area contributed by atoms with Crippen molar-refractivity contribution in [2.75, 3.05) is 39.3 Å². The summed E-state index contributed by atoms with van der Waals surface area (Å²) in [6, 6.07) is 38.4. The maximum absolute atomic E-state index is 13.7. The number of benzene rings is 4. The van der Waals surface area contributed by atoms with E-state index in [0.29, 0.717) is 49.8 Å². The fraction of sp³-hybridized carbons (Fsp3) is 0.293. The van der Waals surface area contributed by atoms with Crippen LogP contribution >= 0.6 is 0 Å². The molecule has 8 heteroatoms. The van der Waals surface area contributed by atoms with Crippen LogP contribution in [-0.2, 0) is 25.7 Å². The highest BCUT2D eigenvalue weighted by Gasteiger charge is 2.38. The summed E-state index contributed by atoms with van der Waals surface area (Å²) in [5.74, 6) is -0.595. The number of carbonyl (C=O) groups excluding carboxylic acids is 3. The highest BCUT2D eigenvalue weighted by molar-refractivity contribution is 5.97. The summed E-state index contributed by atoms with van der Waals surface area (Å²) in [4.78, 5) is 46.4. The third kappa shape index (κ3) is 7.92. The molecule has 2 aliphatic heterocycles. The molecule has 0 bridgehead atoms. The lowest BCUT2D eigenvalue weighted by atomic mass is 9.83. The lowest BCUT2D eigenvalue weighted by molar-refractivity contribution is -0.143. The van der Waals surface area contributed by atoms with Gasteiger partial charge in [0.15, 0.2) is 0 Å². The van der Waals surface area contributed by atoms with Crippen LogP contribution in [0.1, 0.15) is 54.5 Å². The van der Waals surface area contributed by atoms with Gasteiger partial charge in [-0.1, -0.05) is 103 Å². The minimum atomic E-state index is -0.488. The monoisotopic (exact) mass is 657 g/mol. The fourth-order valence-corrected chi connectivity index (χ4v) is 6.85. The number of piperazine rings is 1. The van der Waals surface area contributed by atoms with E-state index in [2.05, 4.69) is 53.4 Å². The first-order valence-electron chi connectivity index (χ1n) is 17.0. The van der Waals surface area contributed by atoms with E-state index >= 15 is 0 Å². The van der Waals surface area contributed by atoms with Crippen LogP contribution in [0.4, 0.5) is 0 Å². The fourth-order valence-electron chi connectivity index (χ4n) is 6.85. The van der Waals surface area contributed by atoms with Gasteiger partial charge in [-0.2, -0.15) is 0 Å². The maximum Gasteiger partial charge on any atom is 0.336 e. The average Bonchev–Trinajstić information content (AvgIpc) is 3.14. The second kappa shape index (κ2) is 15.8. The Labute approximate surface area is 288 Å². The van der Waals surface area contributed by atoms with Gasteiger partial charge in [-0.25, -0.2) is 4.79 Å². The van der Waals surface area contributed by atoms with Crippen molar-refractivity contribution in [2.45, 2.75) is 38.8 Å². The van der Waals surface area contributed by atoms with Gasteiger partial charge in [0.1, 0.15) is 18.9 Å². The molecule has 4 aromatic rings. The smallest absolute Gasteiger partial charge is 0.336 e. The van der Waals surface area contributed by atoms with E-state index in [1.807, 2.05) is 71.6 Å². The molecule has 0 aromatic heterocycles. The molecule has 1 atom stereocenters. The highest BCUT2D eigenvalue weighted by Crippen LogP contribution is 2.38. The molecule has 4 aromatic carbocycles. The molecular weight excluding hydrogens is 614 g/mol. The first-order valence-corrected chi connectivity index (χ1v) is 17.0. The van der Waals surface area contributed by atoms with Crippen molar-refractivity contribution in [3.8, 4) is 5.75 Å². The van der Waals surface area contributed by atoms with Gasteiger partial charge in [0.25, 0.3) is 0 Å². The Bertz CT molecular complexity index is 1710. The van der Waals surface area contributed by atoms with Crippen LogP contribution in [0.5, 0.6) is 5.75 Å². The standard InChI is InChI=1S/C41H43N3O5/c1-3-48-41(47)39-30(2)44(37(45)27-36(39)32-19-21-35(22-20-32)49-29-31-13-7-4-8-14-31)28-38(46)42-23-25-43(26-24-42)40(33-15-9-5-10-16-33)34-17-11-6-12-18-34/h4-22,36,40H,3,23-29H2,1-2H3. The van der Waals surface area contributed by atoms with Gasteiger partial charge in [0.05, 0.1) is 18.2 Å². The maximum atomic E-state index is 13.7. The number of ether oxygens (including phenoxy) is 2. The molecule has 2 amide bonds. The molecule has 2 aliphatic rings. The summed E-state index contributed by atoms with van der Waals surface area (Å²) in [6.07, 6.45) is 0.0621. The van der Waals surface area contributed by atoms with Crippen molar-refractivity contribution >= 4 is 17.8 Å². The second-order valence-electron chi connectivity index (χ2n) is 12.4. The zero-order valence-electron chi connectivity index (χ0n) is 28.2. The highest BCUT2D eigenvalue weighted by atomic mass is 16.5. The molecule has 0 radical (unpaired) electrons. The van der Waals surface area contributed by atoms with Gasteiger partial charge in [-0.3, -0.25) is 14.5 Å². The molecule has 252 valence electrons. The van der Waals surface area contributed by atoms with Gasteiger partial charge < -0.3 is 19.3 Å². The van der Waals surface area contributed by atoms with Crippen LogP contribution in [0.25, 0.3) is 0 Å². The van der Waals surface area contributed by atoms with Crippen molar-refractivity contribution in [3.05, 3.63) is 149 Å². The summed E-state index contributed by atoms with van der Waals surface area (Å²) >= 11 is 0. The third-order valence-corrected chi connectivity index (χ3v) is 9.41. The van der Waals surface area contributed by atoms with E-state index in [9.17, 15) is 14.4 Å². The van der Waals surface area contributed by atoms with Crippen LogP contribution in [0.3, 0.4) is 0 Å². The molecule has 0 saturated carbocycles. The largest absolute Gasteiger partial charge is 0.489 e. The Kier molecular flexibility index (Phi) is 10.9. The molecular formula is C41H43N3O5. The van der Waals surface area contributed by atoms with Crippen molar-refractivity contribution in [1.29, 1.82) is 0 Å². The SMILES string of the molecule is CCOC(=O)C1=C(C)N(CC(=O)N2CCN(C(c3ccccc3)c3ccccc3)CC2)C(=O)CC1c1ccc(OCc2ccccc2)cc1. The van der Waals surface area contributed by atoms with Gasteiger partial charge >= 0.3 is 5.97 Å². The predicted octanol–water partition coefficient (Wildman–Crippen LogP) is 6.35. The Hall–Kier alpha value is -5.21. The lowest BCUT2D eigenvalue weighted by Crippen LogP contribution is -2.53. The molecule has 8 nitrogen and oxygen atoms in total. The Morgan fingerprint density at radius 3 is 1.92 bits per heavy atom. The average molecular weight is 658 g/mol. The Morgan fingerprint density at radius 1 is 0.776 bits per heavy atom. The van der Waals surface area contributed by atoms with Gasteiger partial charge in [-0.15, -0.1) is 0 Å². The summed E-state index contributed by atoms with van der Waals surface area (Å²) in [7, 11) is 0. The number of carbonyl (C=O) groups is 3. The Morgan fingerprint density at radius 2 is 1.35 bits per heavy atom. The summed E-state index contributed by atoms with van der Waals surface area (Å²) in [5.41, 5.74) is 5.17. The van der Waals surface area contributed by atoms with E-state index in [1.165, 1.54) is 16.0 Å². The van der Waals surface area contributed by atoms with Crippen LogP contribution in [0.15, 0.2) is 127 Å². The van der Waals surface area contributed by atoms with Gasteiger partial charge in [0.2, 0.25) is 11.8 Å². The number of hydrogen-bond acceptors (Lipinski definition) is 6. The van der Waals surface area contributed by atoms with Crippen molar-refractivity contribution in [3.63, 3.8) is 0 Å². The molecule has 0 spiro atoms. The normalized spacial score (nSPS) is 17.0. The van der Waals surface area contributed by atoms with E-state index < -0.39 is 11.9 Å². The first kappa shape index (κ1) is 33.7. The molecule has 0 N–H and O–H groups in total. The molecule has 1 fully saturated rings. The van der Waals surface area contributed by atoms with Crippen LogP contribution in [-0.4, -0.2) is 71.8 Å². The molecule has 0 aliphatic carbocycles. The summed E-state index contributed by atoms with van der Waals surface area (Å²) in [6.45, 7) is 6.52. The van der Waals surface area contributed by atoms with Crippen molar-refractivity contribution in [2.24, 2.45) is 0 Å². The summed E-state index contributed by atoms with van der Waals surface area (Å²) in [5, 5.41) is 0. The van der Waals surface area contributed by atoms with E-state index in [0.717, 1.165) is 11.1 Å². The third-order valence-electron chi connectivity index (χ3n) is 9.41. The van der Waals surface area contributed by atoms with Crippen molar-refractivity contribution in [1.82, 2.24) is 14.7 Å². The molecule has 49 heavy (non-hydrogen) atoms. The summed E-state index contributed by atoms with van der Waals surface area (Å²) < 4.78 is 11.4. The molecule has 1 unspecified atom stereocenters. The zero-order valence-corrected chi connectivity index (χ0v) is 28.2. The van der Waals surface area contributed by atoms with Gasteiger partial charge in [0, 0.05) is 44.2 Å². The molecule has 2 heterocycles. The second-order valence-corrected chi connectivity index (χ2v) is 12.4. The lowest BCUT2D eigenvalue weighted by Gasteiger charge is -2.41. The zero-order chi connectivity index (χ0) is 34.2. The molecule has 1 saturated heterocycles. The quantitative estimate of drug-likeness (QED) is 0.175. The minimum Gasteiger partial charge on any atom is -0.489 e. The van der Waals surface area contributed by atoms with Crippen LogP contribution < -0.4 is 4.74 Å². The van der Waals surface area contributed by atoms with E-state index in [-0.39, 0.29) is 37.4 Å². The number of rotatable bonds is 11. The topological polar surface area (TPSA) is 79.4 Å². The Balaban J connectivity index is 1.14. The minimum absolute atomic E-state index is 0.0621. The van der Waals surface area contributed by atoms with E-state index in [4.69, 9.17) is 9.47 Å². The predicted molar refractivity (Wildman–Crippen MR) is 188 cm³/mol. The van der Waals surface area contributed by atoms with Crippen molar-refractivity contribution < 1.29 is 23.9 Å². The first-order chi connectivity index (χ1) is 23.9. The number of allylic oxidation sites excluding steroid dienone is 1. The number of esters is 1. The number of hydrogen-bond donors (Lipinski definition) is 0. The molecule has 6 rings (SSSR count). The van der Waals surface area contributed by atoms with Gasteiger partial charge in [-0.05, 0) is 48.2 Å². The van der Waals surface area contributed by atoms with Crippen LogP contribution in [0.2, 0.25) is 0 Å².